The van der Waals surface area contributed by atoms with Gasteiger partial charge in [-0.05, 0) is 25.5 Å². The Hall–Kier alpha value is -2.00. The van der Waals surface area contributed by atoms with Crippen LogP contribution in [0.1, 0.15) is 37.1 Å². The minimum Gasteiger partial charge on any atom is -0.497 e. The number of nitrogens with one attached hydrogen (secondary N) is 1. The predicted octanol–water partition coefficient (Wildman–Crippen LogP) is 4.12. The van der Waals surface area contributed by atoms with Crippen LogP contribution in [0.25, 0.3) is 0 Å². The van der Waals surface area contributed by atoms with Gasteiger partial charge in [-0.2, -0.15) is 0 Å². The second-order valence-electron chi connectivity index (χ2n) is 5.13. The summed E-state index contributed by atoms with van der Waals surface area (Å²) in [6.07, 6.45) is 0. The molecule has 0 radical (unpaired) electrons. The molecule has 0 unspecified atom stereocenters. The molecule has 2 rings (SSSR count). The van der Waals surface area contributed by atoms with E-state index >= 15 is 0 Å². The Morgan fingerprint density at radius 3 is 2.19 bits per heavy atom. The van der Waals surface area contributed by atoms with E-state index in [1.165, 1.54) is 5.56 Å². The van der Waals surface area contributed by atoms with Gasteiger partial charge < -0.3 is 14.8 Å². The zero-order valence-corrected chi connectivity index (χ0v) is 13.1. The van der Waals surface area contributed by atoms with Crippen LogP contribution in [0, 0.1) is 0 Å². The smallest absolute Gasteiger partial charge is 0.127 e. The molecule has 2 aromatic rings. The van der Waals surface area contributed by atoms with Crippen molar-refractivity contribution in [3.63, 3.8) is 0 Å². The molecule has 0 bridgehead atoms. The lowest BCUT2D eigenvalue weighted by molar-refractivity contribution is 0.383. The molecule has 0 aliphatic rings. The van der Waals surface area contributed by atoms with Crippen molar-refractivity contribution in [2.24, 2.45) is 0 Å². The summed E-state index contributed by atoms with van der Waals surface area (Å²) in [4.78, 5) is 0. The molecule has 3 heteroatoms. The largest absolute Gasteiger partial charge is 0.497 e. The summed E-state index contributed by atoms with van der Waals surface area (Å²) in [5, 5.41) is 3.60. The maximum atomic E-state index is 5.48. The molecule has 0 aromatic heterocycles. The van der Waals surface area contributed by atoms with Gasteiger partial charge in [-0.1, -0.05) is 36.4 Å². The molecule has 112 valence electrons. The van der Waals surface area contributed by atoms with Crippen LogP contribution < -0.4 is 14.8 Å². The van der Waals surface area contributed by atoms with Gasteiger partial charge in [0.15, 0.2) is 0 Å². The molecule has 0 spiro atoms. The van der Waals surface area contributed by atoms with Crippen molar-refractivity contribution in [2.75, 3.05) is 14.2 Å². The molecule has 2 aromatic carbocycles. The monoisotopic (exact) mass is 285 g/mol. The van der Waals surface area contributed by atoms with E-state index in [1.54, 1.807) is 14.2 Å². The number of hydrogen-bond acceptors (Lipinski definition) is 3. The summed E-state index contributed by atoms with van der Waals surface area (Å²) in [7, 11) is 3.35. The van der Waals surface area contributed by atoms with Gasteiger partial charge in [0.05, 0.1) is 14.2 Å². The van der Waals surface area contributed by atoms with Crippen LogP contribution in [0.3, 0.4) is 0 Å². The van der Waals surface area contributed by atoms with Crippen molar-refractivity contribution in [3.05, 3.63) is 59.7 Å². The van der Waals surface area contributed by atoms with E-state index < -0.39 is 0 Å². The van der Waals surface area contributed by atoms with Gasteiger partial charge >= 0.3 is 0 Å². The fraction of sp³-hybridized carbons (Fsp3) is 0.333. The minimum absolute atomic E-state index is 0.182. The summed E-state index contributed by atoms with van der Waals surface area (Å²) in [6, 6.07) is 16.8. The van der Waals surface area contributed by atoms with Crippen molar-refractivity contribution in [1.82, 2.24) is 5.32 Å². The quantitative estimate of drug-likeness (QED) is 0.866. The van der Waals surface area contributed by atoms with Gasteiger partial charge in [-0.3, -0.25) is 0 Å². The number of methoxy groups -OCH3 is 2. The van der Waals surface area contributed by atoms with Gasteiger partial charge in [0.2, 0.25) is 0 Å². The van der Waals surface area contributed by atoms with Crippen LogP contribution in [-0.4, -0.2) is 14.2 Å². The minimum atomic E-state index is 0.182. The average molecular weight is 285 g/mol. The van der Waals surface area contributed by atoms with Crippen LogP contribution in [-0.2, 0) is 0 Å². The van der Waals surface area contributed by atoms with Crippen molar-refractivity contribution in [2.45, 2.75) is 25.9 Å². The standard InChI is InChI=1S/C18H23NO2/c1-13(15-8-6-5-7-9-15)19-14(2)17-11-10-16(20-3)12-18(17)21-4/h5-14,19H,1-4H3/t13-,14-/m0/s1. The van der Waals surface area contributed by atoms with Crippen LogP contribution >= 0.6 is 0 Å². The van der Waals surface area contributed by atoms with Crippen LogP contribution in [0.2, 0.25) is 0 Å². The summed E-state index contributed by atoms with van der Waals surface area (Å²) < 4.78 is 10.7. The molecular formula is C18H23NO2. The molecule has 21 heavy (non-hydrogen) atoms. The first-order valence-corrected chi connectivity index (χ1v) is 7.18. The molecule has 2 atom stereocenters. The highest BCUT2D eigenvalue weighted by Gasteiger charge is 2.15. The topological polar surface area (TPSA) is 30.5 Å². The first-order chi connectivity index (χ1) is 10.2. The summed E-state index contributed by atoms with van der Waals surface area (Å²) in [5.41, 5.74) is 2.40. The Balaban J connectivity index is 2.14. The molecule has 0 heterocycles. The SMILES string of the molecule is COc1ccc([C@H](C)N[C@@H](C)c2ccccc2)c(OC)c1. The number of rotatable bonds is 6. The zero-order valence-electron chi connectivity index (χ0n) is 13.1. The Morgan fingerprint density at radius 2 is 1.57 bits per heavy atom. The van der Waals surface area contributed by atoms with Gasteiger partial charge in [0.1, 0.15) is 11.5 Å². The van der Waals surface area contributed by atoms with Crippen molar-refractivity contribution < 1.29 is 9.47 Å². The van der Waals surface area contributed by atoms with E-state index in [0.717, 1.165) is 17.1 Å². The van der Waals surface area contributed by atoms with E-state index in [0.29, 0.717) is 0 Å². The van der Waals surface area contributed by atoms with E-state index in [9.17, 15) is 0 Å². The Morgan fingerprint density at radius 1 is 0.857 bits per heavy atom. The highest BCUT2D eigenvalue weighted by atomic mass is 16.5. The fourth-order valence-corrected chi connectivity index (χ4v) is 2.48. The first kappa shape index (κ1) is 15.4. The first-order valence-electron chi connectivity index (χ1n) is 7.18. The lowest BCUT2D eigenvalue weighted by Crippen LogP contribution is -2.22. The highest BCUT2D eigenvalue weighted by molar-refractivity contribution is 5.42. The van der Waals surface area contributed by atoms with E-state index in [2.05, 4.69) is 43.4 Å². The van der Waals surface area contributed by atoms with Crippen molar-refractivity contribution >= 4 is 0 Å². The summed E-state index contributed by atoms with van der Waals surface area (Å²) >= 11 is 0. The second-order valence-corrected chi connectivity index (χ2v) is 5.13. The molecule has 3 nitrogen and oxygen atoms in total. The van der Waals surface area contributed by atoms with Crippen LogP contribution in [0.4, 0.5) is 0 Å². The van der Waals surface area contributed by atoms with Gasteiger partial charge in [-0.15, -0.1) is 0 Å². The lowest BCUT2D eigenvalue weighted by Gasteiger charge is -2.22. The molecule has 0 amide bonds. The molecule has 0 saturated carbocycles. The number of hydrogen-bond donors (Lipinski definition) is 1. The lowest BCUT2D eigenvalue weighted by atomic mass is 10.0. The molecule has 1 N–H and O–H groups in total. The van der Waals surface area contributed by atoms with Crippen molar-refractivity contribution in [1.29, 1.82) is 0 Å². The van der Waals surface area contributed by atoms with E-state index in [4.69, 9.17) is 9.47 Å². The highest BCUT2D eigenvalue weighted by Crippen LogP contribution is 2.30. The molecule has 0 aliphatic heterocycles. The zero-order chi connectivity index (χ0) is 15.2. The Kier molecular flexibility index (Phi) is 5.23. The third kappa shape index (κ3) is 3.76. The van der Waals surface area contributed by atoms with Gasteiger partial charge in [0, 0.05) is 23.7 Å². The summed E-state index contributed by atoms with van der Waals surface area (Å²) in [5.74, 6) is 1.65. The maximum Gasteiger partial charge on any atom is 0.127 e. The number of ether oxygens (including phenoxy) is 2. The Labute approximate surface area is 126 Å². The van der Waals surface area contributed by atoms with E-state index in [-0.39, 0.29) is 12.1 Å². The van der Waals surface area contributed by atoms with Gasteiger partial charge in [0.25, 0.3) is 0 Å². The number of benzene rings is 2. The van der Waals surface area contributed by atoms with Crippen LogP contribution in [0.5, 0.6) is 11.5 Å². The molecule has 0 fully saturated rings. The Bertz CT molecular complexity index is 569. The van der Waals surface area contributed by atoms with Gasteiger partial charge in [-0.25, -0.2) is 0 Å². The maximum absolute atomic E-state index is 5.48. The van der Waals surface area contributed by atoms with Crippen molar-refractivity contribution in [3.8, 4) is 11.5 Å². The molecular weight excluding hydrogens is 262 g/mol. The predicted molar refractivity (Wildman–Crippen MR) is 86.0 cm³/mol. The van der Waals surface area contributed by atoms with E-state index in [1.807, 2.05) is 24.3 Å². The molecule has 0 saturated heterocycles. The van der Waals surface area contributed by atoms with Crippen LogP contribution in [0.15, 0.2) is 48.5 Å². The second kappa shape index (κ2) is 7.14. The third-order valence-corrected chi connectivity index (χ3v) is 3.71. The normalized spacial score (nSPS) is 13.5. The average Bonchev–Trinajstić information content (AvgIpc) is 2.54. The fourth-order valence-electron chi connectivity index (χ4n) is 2.48. The molecule has 0 aliphatic carbocycles. The third-order valence-electron chi connectivity index (χ3n) is 3.71. The summed E-state index contributed by atoms with van der Waals surface area (Å²) in [6.45, 7) is 4.31.